The summed E-state index contributed by atoms with van der Waals surface area (Å²) in [6.45, 7) is 5.75. The molecule has 3 N–H and O–H groups in total. The van der Waals surface area contributed by atoms with E-state index < -0.39 is 15.7 Å². The number of hydrazine groups is 1. The fraction of sp³-hybridized carbons (Fsp3) is 0.429. The molecule has 6 nitrogen and oxygen atoms in total. The average Bonchev–Trinajstić information content (AvgIpc) is 2.41. The Morgan fingerprint density at radius 3 is 2.26 bits per heavy atom. The number of thiocarbonyl (C=S) groups is 1. The second kappa shape index (κ2) is 7.94. The maximum Gasteiger partial charge on any atom is 0.239 e. The number of carbonyl (C=O) groups is 1. The molecule has 0 radical (unpaired) electrons. The van der Waals surface area contributed by atoms with Crippen LogP contribution in [0.25, 0.3) is 0 Å². The first-order valence-corrected chi connectivity index (χ1v) is 9.29. The Morgan fingerprint density at radius 2 is 1.74 bits per heavy atom. The van der Waals surface area contributed by atoms with E-state index >= 15 is 0 Å². The molecule has 128 valence electrons. The van der Waals surface area contributed by atoms with Gasteiger partial charge in [0.1, 0.15) is 0 Å². The Morgan fingerprint density at radius 1 is 1.17 bits per heavy atom. The fourth-order valence-electron chi connectivity index (χ4n) is 1.55. The van der Waals surface area contributed by atoms with Crippen LogP contribution in [-0.4, -0.2) is 30.7 Å². The Bertz CT molecular complexity index is 668. The second-order valence-electron chi connectivity index (χ2n) is 5.90. The number of halogens is 1. The van der Waals surface area contributed by atoms with Gasteiger partial charge < -0.3 is 5.32 Å². The Balaban J connectivity index is 2.46. The van der Waals surface area contributed by atoms with Crippen molar-refractivity contribution >= 4 is 44.7 Å². The van der Waals surface area contributed by atoms with E-state index in [0.29, 0.717) is 5.02 Å². The summed E-state index contributed by atoms with van der Waals surface area (Å²) in [5.41, 5.74) is 4.65. The zero-order valence-electron chi connectivity index (χ0n) is 13.1. The summed E-state index contributed by atoms with van der Waals surface area (Å²) >= 11 is 10.7. The zero-order valence-corrected chi connectivity index (χ0v) is 15.5. The third kappa shape index (κ3) is 7.62. The first kappa shape index (κ1) is 19.7. The van der Waals surface area contributed by atoms with Crippen LogP contribution in [0.4, 0.5) is 0 Å². The van der Waals surface area contributed by atoms with Gasteiger partial charge in [-0.05, 0) is 57.3 Å². The van der Waals surface area contributed by atoms with Crippen molar-refractivity contribution in [3.63, 3.8) is 0 Å². The molecule has 0 fully saturated rings. The summed E-state index contributed by atoms with van der Waals surface area (Å²) in [7, 11) is -3.54. The minimum absolute atomic E-state index is 0.132. The molecule has 9 heteroatoms. The van der Waals surface area contributed by atoms with Crippen molar-refractivity contribution < 1.29 is 13.2 Å². The lowest BCUT2D eigenvalue weighted by Crippen LogP contribution is -2.52. The van der Waals surface area contributed by atoms with Crippen LogP contribution in [0.15, 0.2) is 29.2 Å². The summed E-state index contributed by atoms with van der Waals surface area (Å²) in [5, 5.41) is 3.66. The zero-order chi connectivity index (χ0) is 17.7. The van der Waals surface area contributed by atoms with Gasteiger partial charge in [-0.25, -0.2) is 8.42 Å². The van der Waals surface area contributed by atoms with Gasteiger partial charge in [0, 0.05) is 17.0 Å². The second-order valence-corrected chi connectivity index (χ2v) is 8.85. The largest absolute Gasteiger partial charge is 0.357 e. The number of sulfone groups is 1. The molecule has 1 rings (SSSR count). The molecular weight excluding hydrogens is 358 g/mol. The quantitative estimate of drug-likeness (QED) is 0.548. The molecular formula is C14H20ClN3O3S2. The molecule has 0 saturated carbocycles. The molecule has 0 aliphatic rings. The molecule has 0 atom stereocenters. The van der Waals surface area contributed by atoms with Gasteiger partial charge in [0.25, 0.3) is 0 Å². The first-order valence-electron chi connectivity index (χ1n) is 6.85. The number of carbonyl (C=O) groups excluding carboxylic acids is 1. The number of nitrogens with one attached hydrogen (secondary N) is 3. The summed E-state index contributed by atoms with van der Waals surface area (Å²) in [5.74, 6) is -0.776. The molecule has 0 unspecified atom stereocenters. The summed E-state index contributed by atoms with van der Waals surface area (Å²) < 4.78 is 24.2. The molecule has 1 aromatic rings. The number of hydrogen-bond acceptors (Lipinski definition) is 4. The van der Waals surface area contributed by atoms with E-state index in [1.807, 2.05) is 20.8 Å². The van der Waals surface area contributed by atoms with Crippen LogP contribution in [0.2, 0.25) is 5.02 Å². The number of amides is 1. The molecule has 1 aromatic carbocycles. The van der Waals surface area contributed by atoms with Crippen LogP contribution in [0.1, 0.15) is 27.2 Å². The van der Waals surface area contributed by atoms with Crippen molar-refractivity contribution in [3.05, 3.63) is 29.3 Å². The van der Waals surface area contributed by atoms with E-state index in [1.165, 1.54) is 24.3 Å². The van der Waals surface area contributed by atoms with Crippen molar-refractivity contribution in [3.8, 4) is 0 Å². The third-order valence-electron chi connectivity index (χ3n) is 2.57. The summed E-state index contributed by atoms with van der Waals surface area (Å²) in [4.78, 5) is 11.8. The summed E-state index contributed by atoms with van der Waals surface area (Å²) in [6, 6.07) is 5.81. The van der Waals surface area contributed by atoms with Gasteiger partial charge in [0.15, 0.2) is 14.9 Å². The standard InChI is InChI=1S/C14H20ClN3O3S2/c1-14(2,3)16-13(22)18-17-12(19)8-9-23(20,21)11-6-4-10(15)5-7-11/h4-7H,8-9H2,1-3H3,(H,17,19)(H2,16,18,22). The van der Waals surface area contributed by atoms with Crippen molar-refractivity contribution in [2.75, 3.05) is 5.75 Å². The molecule has 0 aliphatic carbocycles. The van der Waals surface area contributed by atoms with Crippen LogP contribution in [0.5, 0.6) is 0 Å². The topological polar surface area (TPSA) is 87.3 Å². The van der Waals surface area contributed by atoms with E-state index in [1.54, 1.807) is 0 Å². The van der Waals surface area contributed by atoms with E-state index in [4.69, 9.17) is 23.8 Å². The maximum absolute atomic E-state index is 12.1. The molecule has 0 saturated heterocycles. The van der Waals surface area contributed by atoms with Crippen molar-refractivity contribution in [2.45, 2.75) is 37.6 Å². The van der Waals surface area contributed by atoms with Crippen molar-refractivity contribution in [1.29, 1.82) is 0 Å². The van der Waals surface area contributed by atoms with E-state index in [-0.39, 0.29) is 27.7 Å². The Hall–Kier alpha value is -1.38. The van der Waals surface area contributed by atoms with Crippen LogP contribution in [0, 0.1) is 0 Å². The van der Waals surface area contributed by atoms with Gasteiger partial charge in [0.2, 0.25) is 5.91 Å². The van der Waals surface area contributed by atoms with Crippen LogP contribution < -0.4 is 16.2 Å². The minimum atomic E-state index is -3.54. The minimum Gasteiger partial charge on any atom is -0.357 e. The molecule has 0 bridgehead atoms. The lowest BCUT2D eigenvalue weighted by Gasteiger charge is -2.23. The van der Waals surface area contributed by atoms with E-state index in [9.17, 15) is 13.2 Å². The number of benzene rings is 1. The molecule has 23 heavy (non-hydrogen) atoms. The molecule has 0 heterocycles. The van der Waals surface area contributed by atoms with E-state index in [0.717, 1.165) is 0 Å². The number of rotatable bonds is 4. The lowest BCUT2D eigenvalue weighted by molar-refractivity contribution is -0.121. The highest BCUT2D eigenvalue weighted by Crippen LogP contribution is 2.15. The highest BCUT2D eigenvalue weighted by molar-refractivity contribution is 7.91. The molecule has 0 spiro atoms. The maximum atomic E-state index is 12.1. The highest BCUT2D eigenvalue weighted by atomic mass is 35.5. The van der Waals surface area contributed by atoms with Crippen LogP contribution >= 0.6 is 23.8 Å². The van der Waals surface area contributed by atoms with Crippen LogP contribution in [-0.2, 0) is 14.6 Å². The van der Waals surface area contributed by atoms with Gasteiger partial charge in [-0.3, -0.25) is 15.6 Å². The SMILES string of the molecule is CC(C)(C)NC(=S)NNC(=O)CCS(=O)(=O)c1ccc(Cl)cc1. The normalized spacial score (nSPS) is 11.7. The van der Waals surface area contributed by atoms with Gasteiger partial charge in [-0.15, -0.1) is 0 Å². The van der Waals surface area contributed by atoms with Crippen LogP contribution in [0.3, 0.4) is 0 Å². The van der Waals surface area contributed by atoms with Crippen molar-refractivity contribution in [2.24, 2.45) is 0 Å². The third-order valence-corrected chi connectivity index (χ3v) is 4.76. The monoisotopic (exact) mass is 377 g/mol. The Kier molecular flexibility index (Phi) is 6.79. The fourth-order valence-corrected chi connectivity index (χ4v) is 3.27. The van der Waals surface area contributed by atoms with Gasteiger partial charge in [-0.2, -0.15) is 0 Å². The van der Waals surface area contributed by atoms with Gasteiger partial charge in [0.05, 0.1) is 10.6 Å². The smallest absolute Gasteiger partial charge is 0.239 e. The van der Waals surface area contributed by atoms with Gasteiger partial charge in [-0.1, -0.05) is 11.6 Å². The molecule has 0 aromatic heterocycles. The predicted molar refractivity (Wildman–Crippen MR) is 94.9 cm³/mol. The average molecular weight is 378 g/mol. The highest BCUT2D eigenvalue weighted by Gasteiger charge is 2.17. The molecule has 0 aliphatic heterocycles. The van der Waals surface area contributed by atoms with E-state index in [2.05, 4.69) is 16.2 Å². The Labute approximate surface area is 146 Å². The number of hydrogen-bond donors (Lipinski definition) is 3. The van der Waals surface area contributed by atoms with Gasteiger partial charge >= 0.3 is 0 Å². The summed E-state index contributed by atoms with van der Waals surface area (Å²) in [6.07, 6.45) is -0.184. The lowest BCUT2D eigenvalue weighted by atomic mass is 10.1. The predicted octanol–water partition coefficient (Wildman–Crippen LogP) is 1.80. The molecule has 1 amide bonds. The first-order chi connectivity index (χ1) is 10.5. The van der Waals surface area contributed by atoms with Crippen molar-refractivity contribution in [1.82, 2.24) is 16.2 Å².